The van der Waals surface area contributed by atoms with Crippen LogP contribution >= 0.6 is 15.9 Å². The summed E-state index contributed by atoms with van der Waals surface area (Å²) in [5.74, 6) is -0.864. The second-order valence-electron chi connectivity index (χ2n) is 6.08. The summed E-state index contributed by atoms with van der Waals surface area (Å²) in [5.41, 5.74) is -0.887. The largest absolute Gasteiger partial charge is 0.462 e. The van der Waals surface area contributed by atoms with E-state index in [1.165, 1.54) is 12.3 Å². The number of fused-ring (bicyclic) bond motifs is 1. The van der Waals surface area contributed by atoms with Gasteiger partial charge < -0.3 is 9.30 Å². The molecule has 0 spiro atoms. The van der Waals surface area contributed by atoms with Gasteiger partial charge in [0.05, 0.1) is 17.7 Å². The number of nitrogens with zero attached hydrogens (tertiary/aromatic N) is 1. The molecule has 0 saturated carbocycles. The van der Waals surface area contributed by atoms with Crippen LogP contribution in [-0.4, -0.2) is 17.1 Å². The highest BCUT2D eigenvalue weighted by molar-refractivity contribution is 9.10. The number of hydrogen-bond donors (Lipinski definition) is 0. The van der Waals surface area contributed by atoms with E-state index in [9.17, 15) is 22.8 Å². The molecule has 0 N–H and O–H groups in total. The van der Waals surface area contributed by atoms with Crippen LogP contribution in [0.3, 0.4) is 0 Å². The Bertz CT molecular complexity index is 1090. The minimum atomic E-state index is -4.60. The summed E-state index contributed by atoms with van der Waals surface area (Å²) < 4.78 is 46.7. The highest BCUT2D eigenvalue weighted by atomic mass is 79.9. The molecular weight excluding hydrogens is 439 g/mol. The monoisotopic (exact) mass is 453 g/mol. The first-order chi connectivity index (χ1) is 13.2. The van der Waals surface area contributed by atoms with Gasteiger partial charge in [0.15, 0.2) is 0 Å². The number of alkyl halides is 3. The molecule has 0 bridgehead atoms. The number of esters is 1. The van der Waals surface area contributed by atoms with Crippen molar-refractivity contribution in [3.8, 4) is 0 Å². The van der Waals surface area contributed by atoms with E-state index in [1.54, 1.807) is 11.5 Å². The molecule has 3 aromatic rings. The van der Waals surface area contributed by atoms with Gasteiger partial charge in [0.2, 0.25) is 5.43 Å². The number of pyridine rings is 1. The summed E-state index contributed by atoms with van der Waals surface area (Å²) in [4.78, 5) is 24.9. The van der Waals surface area contributed by atoms with Crippen molar-refractivity contribution < 1.29 is 22.7 Å². The van der Waals surface area contributed by atoms with Gasteiger partial charge in [0.1, 0.15) is 5.56 Å². The molecule has 8 heteroatoms. The molecule has 1 aromatic heterocycles. The Morgan fingerprint density at radius 3 is 2.43 bits per heavy atom. The van der Waals surface area contributed by atoms with E-state index in [0.29, 0.717) is 5.52 Å². The topological polar surface area (TPSA) is 48.3 Å². The molecule has 146 valence electrons. The van der Waals surface area contributed by atoms with E-state index >= 15 is 0 Å². The molecule has 0 radical (unpaired) electrons. The first-order valence-corrected chi connectivity index (χ1v) is 9.16. The molecule has 0 amide bonds. The summed E-state index contributed by atoms with van der Waals surface area (Å²) >= 11 is 3.34. The van der Waals surface area contributed by atoms with Crippen LogP contribution in [0.25, 0.3) is 10.9 Å². The highest BCUT2D eigenvalue weighted by Crippen LogP contribution is 2.31. The number of carbonyl (C=O) groups is 1. The first-order valence-electron chi connectivity index (χ1n) is 8.36. The fourth-order valence-corrected chi connectivity index (χ4v) is 3.11. The number of ether oxygens (including phenoxy) is 1. The van der Waals surface area contributed by atoms with Crippen LogP contribution in [0, 0.1) is 0 Å². The lowest BCUT2D eigenvalue weighted by Crippen LogP contribution is -2.21. The summed E-state index contributed by atoms with van der Waals surface area (Å²) in [5, 5.41) is -0.183. The fourth-order valence-electron chi connectivity index (χ4n) is 2.85. The van der Waals surface area contributed by atoms with Gasteiger partial charge in [0.25, 0.3) is 0 Å². The van der Waals surface area contributed by atoms with Crippen molar-refractivity contribution in [3.63, 3.8) is 0 Å². The molecular formula is C20H15BrF3NO3. The van der Waals surface area contributed by atoms with Crippen molar-refractivity contribution in [3.05, 3.63) is 80.0 Å². The van der Waals surface area contributed by atoms with Crippen LogP contribution in [0.5, 0.6) is 0 Å². The minimum Gasteiger partial charge on any atom is -0.462 e. The van der Waals surface area contributed by atoms with Gasteiger partial charge in [-0.25, -0.2) is 4.79 Å². The minimum absolute atomic E-state index is 0.0472. The maximum Gasteiger partial charge on any atom is 0.416 e. The lowest BCUT2D eigenvalue weighted by Gasteiger charge is -2.15. The normalized spacial score (nSPS) is 11.6. The number of aromatic nitrogens is 1. The standard InChI is InChI=1S/C20H15BrF3NO3/c1-2-28-19(27)16-11-25(10-12-3-6-14(21)7-4-12)17-8-5-13(20(22,23)24)9-15(17)18(16)26/h3-9,11H,2,10H2,1H3. The van der Waals surface area contributed by atoms with Gasteiger partial charge >= 0.3 is 12.1 Å². The van der Waals surface area contributed by atoms with Crippen LogP contribution in [0.2, 0.25) is 0 Å². The van der Waals surface area contributed by atoms with Crippen molar-refractivity contribution >= 4 is 32.8 Å². The Balaban J connectivity index is 2.23. The van der Waals surface area contributed by atoms with Crippen LogP contribution in [0.1, 0.15) is 28.4 Å². The predicted octanol–water partition coefficient (Wildman–Crippen LogP) is 5.01. The summed E-state index contributed by atoms with van der Waals surface area (Å²) in [6.45, 7) is 1.90. The average molecular weight is 454 g/mol. The van der Waals surface area contributed by atoms with E-state index in [4.69, 9.17) is 4.74 Å². The van der Waals surface area contributed by atoms with Gasteiger partial charge in [-0.1, -0.05) is 28.1 Å². The van der Waals surface area contributed by atoms with E-state index < -0.39 is 23.1 Å². The molecule has 0 atom stereocenters. The SMILES string of the molecule is CCOC(=O)c1cn(Cc2ccc(Br)cc2)c2ccc(C(F)(F)F)cc2c1=O. The number of rotatable bonds is 4. The molecule has 0 unspecified atom stereocenters. The Kier molecular flexibility index (Phi) is 5.60. The van der Waals surface area contributed by atoms with E-state index in [-0.39, 0.29) is 24.1 Å². The third-order valence-corrected chi connectivity index (χ3v) is 4.70. The number of hydrogen-bond acceptors (Lipinski definition) is 3. The molecule has 4 nitrogen and oxygen atoms in total. The van der Waals surface area contributed by atoms with Gasteiger partial charge in [-0.15, -0.1) is 0 Å². The molecule has 0 aliphatic rings. The lowest BCUT2D eigenvalue weighted by atomic mass is 10.1. The zero-order valence-corrected chi connectivity index (χ0v) is 16.3. The number of carbonyl (C=O) groups excluding carboxylic acids is 1. The van der Waals surface area contributed by atoms with Crippen molar-refractivity contribution in [2.45, 2.75) is 19.6 Å². The molecule has 0 fully saturated rings. The smallest absolute Gasteiger partial charge is 0.416 e. The Labute approximate surface area is 166 Å². The van der Waals surface area contributed by atoms with Crippen molar-refractivity contribution in [2.75, 3.05) is 6.61 Å². The maximum atomic E-state index is 13.1. The third-order valence-electron chi connectivity index (χ3n) is 4.17. The quantitative estimate of drug-likeness (QED) is 0.521. The second-order valence-corrected chi connectivity index (χ2v) is 6.99. The fraction of sp³-hybridized carbons (Fsp3) is 0.200. The van der Waals surface area contributed by atoms with Gasteiger partial charge in [-0.3, -0.25) is 4.79 Å². The summed E-state index contributed by atoms with van der Waals surface area (Å²) in [6.07, 6.45) is -3.27. The lowest BCUT2D eigenvalue weighted by molar-refractivity contribution is -0.137. The number of benzene rings is 2. The maximum absolute atomic E-state index is 13.1. The molecule has 0 aliphatic heterocycles. The van der Waals surface area contributed by atoms with E-state index in [0.717, 1.165) is 22.2 Å². The molecule has 3 rings (SSSR count). The van der Waals surface area contributed by atoms with Gasteiger partial charge in [-0.05, 0) is 42.8 Å². The third kappa shape index (κ3) is 4.11. The first kappa shape index (κ1) is 20.1. The van der Waals surface area contributed by atoms with Gasteiger partial charge in [-0.2, -0.15) is 13.2 Å². The van der Waals surface area contributed by atoms with Gasteiger partial charge in [0, 0.05) is 22.6 Å². The van der Waals surface area contributed by atoms with Crippen LogP contribution in [-0.2, 0) is 17.5 Å². The average Bonchev–Trinajstić information content (AvgIpc) is 2.64. The van der Waals surface area contributed by atoms with Crippen LogP contribution < -0.4 is 5.43 Å². The van der Waals surface area contributed by atoms with Crippen molar-refractivity contribution in [1.29, 1.82) is 0 Å². The Hall–Kier alpha value is -2.61. The summed E-state index contributed by atoms with van der Waals surface area (Å²) in [7, 11) is 0. The Morgan fingerprint density at radius 1 is 1.14 bits per heavy atom. The summed E-state index contributed by atoms with van der Waals surface area (Å²) in [6, 6.07) is 10.3. The van der Waals surface area contributed by atoms with Crippen molar-refractivity contribution in [1.82, 2.24) is 4.57 Å². The zero-order valence-electron chi connectivity index (χ0n) is 14.7. The van der Waals surface area contributed by atoms with Crippen LogP contribution in [0.15, 0.2) is 57.9 Å². The molecule has 0 saturated heterocycles. The van der Waals surface area contributed by atoms with E-state index in [1.807, 2.05) is 24.3 Å². The molecule has 2 aromatic carbocycles. The predicted molar refractivity (Wildman–Crippen MR) is 102 cm³/mol. The zero-order chi connectivity index (χ0) is 20.5. The van der Waals surface area contributed by atoms with Crippen LogP contribution in [0.4, 0.5) is 13.2 Å². The molecule has 1 heterocycles. The molecule has 0 aliphatic carbocycles. The highest BCUT2D eigenvalue weighted by Gasteiger charge is 2.31. The second kappa shape index (κ2) is 7.79. The van der Waals surface area contributed by atoms with Crippen molar-refractivity contribution in [2.24, 2.45) is 0 Å². The number of halogens is 4. The Morgan fingerprint density at radius 2 is 1.82 bits per heavy atom. The molecule has 28 heavy (non-hydrogen) atoms. The van der Waals surface area contributed by atoms with E-state index in [2.05, 4.69) is 15.9 Å².